The largest absolute Gasteiger partial charge is 0.358 e. The van der Waals surface area contributed by atoms with Crippen molar-refractivity contribution >= 4 is 22.9 Å². The molecule has 1 amide bonds. The number of rotatable bonds is 5. The second kappa shape index (κ2) is 7.90. The fourth-order valence-electron chi connectivity index (χ4n) is 3.76. The van der Waals surface area contributed by atoms with E-state index < -0.39 is 0 Å². The molecule has 1 aliphatic heterocycles. The van der Waals surface area contributed by atoms with Gasteiger partial charge >= 0.3 is 0 Å². The smallest absolute Gasteiger partial charge is 0.240 e. The van der Waals surface area contributed by atoms with Crippen LogP contribution in [0.4, 0.5) is 5.95 Å². The number of aromatic nitrogens is 6. The topological polar surface area (TPSA) is 102 Å². The number of aryl methyl sites for hydroxylation is 2. The standard InChI is InChI=1S/C20H27N7O2/c1-5-14-13(4)21-10-15-17(14)25-19(24-15)27-20(22-11-23-27)26(18(28)12(2)3)16-8-6-7-9-29-16/h10-12,16H,5-9H2,1-4H3,(H,24,25). The van der Waals surface area contributed by atoms with E-state index in [1.165, 1.54) is 6.33 Å². The highest BCUT2D eigenvalue weighted by molar-refractivity contribution is 5.93. The number of amides is 1. The SMILES string of the molecule is CCc1c(C)ncc2[nH]c(-n3ncnc3N(C(=O)C(C)C)C3CCCCO3)nc12. The first-order chi connectivity index (χ1) is 14.0. The van der Waals surface area contributed by atoms with E-state index in [-0.39, 0.29) is 18.1 Å². The maximum absolute atomic E-state index is 13.1. The summed E-state index contributed by atoms with van der Waals surface area (Å²) >= 11 is 0. The molecule has 9 nitrogen and oxygen atoms in total. The van der Waals surface area contributed by atoms with E-state index in [2.05, 4.69) is 27.0 Å². The van der Waals surface area contributed by atoms with E-state index in [9.17, 15) is 4.79 Å². The van der Waals surface area contributed by atoms with Gasteiger partial charge in [0, 0.05) is 23.8 Å². The summed E-state index contributed by atoms with van der Waals surface area (Å²) in [5, 5.41) is 4.36. The number of carbonyl (C=O) groups is 1. The van der Waals surface area contributed by atoms with Crippen molar-refractivity contribution in [3.05, 3.63) is 23.8 Å². The van der Waals surface area contributed by atoms with Crippen molar-refractivity contribution < 1.29 is 9.53 Å². The van der Waals surface area contributed by atoms with Crippen molar-refractivity contribution in [2.24, 2.45) is 5.92 Å². The van der Waals surface area contributed by atoms with Gasteiger partial charge in [-0.25, -0.2) is 4.98 Å². The van der Waals surface area contributed by atoms with Crippen molar-refractivity contribution in [3.63, 3.8) is 0 Å². The Labute approximate surface area is 169 Å². The molecule has 9 heteroatoms. The van der Waals surface area contributed by atoms with Gasteiger partial charge in [0.2, 0.25) is 17.8 Å². The van der Waals surface area contributed by atoms with Crippen LogP contribution in [0.15, 0.2) is 12.5 Å². The zero-order chi connectivity index (χ0) is 20.5. The zero-order valence-electron chi connectivity index (χ0n) is 17.3. The molecule has 1 unspecified atom stereocenters. The van der Waals surface area contributed by atoms with Gasteiger partial charge in [-0.05, 0) is 32.6 Å². The van der Waals surface area contributed by atoms with Gasteiger partial charge < -0.3 is 9.72 Å². The van der Waals surface area contributed by atoms with Crippen LogP contribution in [0.25, 0.3) is 17.0 Å². The summed E-state index contributed by atoms with van der Waals surface area (Å²) in [6.07, 6.45) is 6.49. The number of anilines is 1. The molecule has 29 heavy (non-hydrogen) atoms. The number of hydrogen-bond acceptors (Lipinski definition) is 6. The lowest BCUT2D eigenvalue weighted by molar-refractivity contribution is -0.125. The van der Waals surface area contributed by atoms with E-state index in [0.29, 0.717) is 18.5 Å². The molecule has 0 aromatic carbocycles. The predicted octanol–water partition coefficient (Wildman–Crippen LogP) is 2.93. The van der Waals surface area contributed by atoms with Crippen LogP contribution in [-0.4, -0.2) is 48.5 Å². The number of nitrogens with zero attached hydrogens (tertiary/aromatic N) is 6. The van der Waals surface area contributed by atoms with Crippen molar-refractivity contribution in [1.29, 1.82) is 0 Å². The third kappa shape index (κ3) is 3.50. The zero-order valence-corrected chi connectivity index (χ0v) is 17.3. The van der Waals surface area contributed by atoms with Crippen molar-refractivity contribution in [2.75, 3.05) is 11.5 Å². The number of pyridine rings is 1. The average Bonchev–Trinajstić information content (AvgIpc) is 3.36. The highest BCUT2D eigenvalue weighted by Gasteiger charge is 2.33. The Bertz CT molecular complexity index is 1020. The lowest BCUT2D eigenvalue weighted by Gasteiger charge is -2.33. The van der Waals surface area contributed by atoms with Crippen LogP contribution >= 0.6 is 0 Å². The molecule has 3 aromatic rings. The Kier molecular flexibility index (Phi) is 5.31. The van der Waals surface area contributed by atoms with Gasteiger partial charge in [-0.15, -0.1) is 0 Å². The molecule has 0 radical (unpaired) electrons. The van der Waals surface area contributed by atoms with E-state index in [1.807, 2.05) is 20.8 Å². The minimum absolute atomic E-state index is 0.0472. The molecule has 1 fully saturated rings. The van der Waals surface area contributed by atoms with Crippen LogP contribution in [-0.2, 0) is 16.0 Å². The molecule has 154 valence electrons. The highest BCUT2D eigenvalue weighted by atomic mass is 16.5. The quantitative estimate of drug-likeness (QED) is 0.710. The molecular formula is C20H27N7O2. The minimum atomic E-state index is -0.346. The summed E-state index contributed by atoms with van der Waals surface area (Å²) in [5.74, 6) is 0.679. The third-order valence-electron chi connectivity index (χ3n) is 5.30. The van der Waals surface area contributed by atoms with Gasteiger partial charge in [-0.3, -0.25) is 14.7 Å². The first-order valence-corrected chi connectivity index (χ1v) is 10.2. The van der Waals surface area contributed by atoms with E-state index in [4.69, 9.17) is 9.72 Å². The molecule has 1 N–H and O–H groups in total. The highest BCUT2D eigenvalue weighted by Crippen LogP contribution is 2.27. The molecule has 0 aliphatic carbocycles. The van der Waals surface area contributed by atoms with E-state index >= 15 is 0 Å². The van der Waals surface area contributed by atoms with Crippen LogP contribution < -0.4 is 4.90 Å². The maximum atomic E-state index is 13.1. The molecule has 1 aliphatic rings. The fraction of sp³-hybridized carbons (Fsp3) is 0.550. The molecule has 0 saturated carbocycles. The fourth-order valence-corrected chi connectivity index (χ4v) is 3.76. The second-order valence-corrected chi connectivity index (χ2v) is 7.65. The number of carbonyl (C=O) groups excluding carboxylic acids is 1. The number of H-pyrrole nitrogens is 1. The molecule has 1 saturated heterocycles. The summed E-state index contributed by atoms with van der Waals surface area (Å²) < 4.78 is 7.50. The van der Waals surface area contributed by atoms with Gasteiger partial charge in [0.1, 0.15) is 12.6 Å². The first-order valence-electron chi connectivity index (χ1n) is 10.2. The number of nitrogens with one attached hydrogen (secondary N) is 1. The summed E-state index contributed by atoms with van der Waals surface area (Å²) in [7, 11) is 0. The maximum Gasteiger partial charge on any atom is 0.240 e. The average molecular weight is 397 g/mol. The molecule has 4 rings (SSSR count). The summed E-state index contributed by atoms with van der Waals surface area (Å²) in [5.41, 5.74) is 3.76. The van der Waals surface area contributed by atoms with Crippen LogP contribution in [0.3, 0.4) is 0 Å². The van der Waals surface area contributed by atoms with Gasteiger partial charge in [-0.2, -0.15) is 14.8 Å². The van der Waals surface area contributed by atoms with Gasteiger partial charge in [0.25, 0.3) is 0 Å². The van der Waals surface area contributed by atoms with Gasteiger partial charge in [-0.1, -0.05) is 20.8 Å². The lowest BCUT2D eigenvalue weighted by atomic mass is 10.1. The van der Waals surface area contributed by atoms with Gasteiger partial charge in [0.15, 0.2) is 0 Å². The Morgan fingerprint density at radius 1 is 1.38 bits per heavy atom. The molecule has 4 heterocycles. The van der Waals surface area contributed by atoms with Crippen LogP contribution in [0, 0.1) is 12.8 Å². The number of aromatic amines is 1. The van der Waals surface area contributed by atoms with Crippen LogP contribution in [0.1, 0.15) is 51.3 Å². The molecule has 3 aromatic heterocycles. The Morgan fingerprint density at radius 3 is 2.90 bits per heavy atom. The number of ether oxygens (including phenoxy) is 1. The first kappa shape index (κ1) is 19.5. The van der Waals surface area contributed by atoms with Crippen LogP contribution in [0.2, 0.25) is 0 Å². The van der Waals surface area contributed by atoms with Crippen LogP contribution in [0.5, 0.6) is 0 Å². The van der Waals surface area contributed by atoms with Gasteiger partial charge in [0.05, 0.1) is 17.2 Å². The Balaban J connectivity index is 1.80. The Morgan fingerprint density at radius 2 is 2.21 bits per heavy atom. The molecular weight excluding hydrogens is 370 g/mol. The molecule has 0 spiro atoms. The number of fused-ring (bicyclic) bond motifs is 1. The summed E-state index contributed by atoms with van der Waals surface area (Å²) in [6, 6.07) is 0. The van der Waals surface area contributed by atoms with E-state index in [1.54, 1.807) is 15.8 Å². The minimum Gasteiger partial charge on any atom is -0.358 e. The van der Waals surface area contributed by atoms with Crippen molar-refractivity contribution in [2.45, 2.75) is 59.6 Å². The predicted molar refractivity (Wildman–Crippen MR) is 109 cm³/mol. The van der Waals surface area contributed by atoms with E-state index in [0.717, 1.165) is 48.0 Å². The molecule has 0 bridgehead atoms. The lowest BCUT2D eigenvalue weighted by Crippen LogP contribution is -2.47. The van der Waals surface area contributed by atoms with Crippen molar-refractivity contribution in [3.8, 4) is 5.95 Å². The van der Waals surface area contributed by atoms with Crippen molar-refractivity contribution in [1.82, 2.24) is 29.7 Å². The number of hydrogen-bond donors (Lipinski definition) is 1. The summed E-state index contributed by atoms with van der Waals surface area (Å²) in [4.78, 5) is 31.6. The normalized spacial score (nSPS) is 17.2. The molecule has 1 atom stereocenters. The summed E-state index contributed by atoms with van der Waals surface area (Å²) in [6.45, 7) is 8.46. The third-order valence-corrected chi connectivity index (χ3v) is 5.30. The second-order valence-electron chi connectivity index (χ2n) is 7.65. The Hall–Kier alpha value is -2.81. The monoisotopic (exact) mass is 397 g/mol. The number of imidazole rings is 1.